The van der Waals surface area contributed by atoms with Crippen molar-refractivity contribution in [2.75, 3.05) is 26.9 Å². The van der Waals surface area contributed by atoms with Gasteiger partial charge in [-0.05, 0) is 30.2 Å². The number of hydrogen-bond donors (Lipinski definition) is 4. The van der Waals surface area contributed by atoms with E-state index in [1.165, 1.54) is 19.2 Å². The van der Waals surface area contributed by atoms with Gasteiger partial charge in [0.05, 0.1) is 39.3 Å². The lowest BCUT2D eigenvalue weighted by Crippen LogP contribution is -2.32. The van der Waals surface area contributed by atoms with E-state index in [4.69, 9.17) is 4.74 Å². The van der Waals surface area contributed by atoms with Gasteiger partial charge in [0, 0.05) is 12.3 Å². The maximum absolute atomic E-state index is 12.2. The highest BCUT2D eigenvalue weighted by atomic mass is 16.5. The third kappa shape index (κ3) is 6.58. The standard InChI is InChI=1S/C19H26O8/c1-3-13(10-20)14(15(11-21)19(25)26-2)9-18(24)27-7-6-12-4-5-16(22)17(23)8-12/h3-5,8,14-15,20-23H,6-7,9-11H2,1-2H3/b13-3+. The van der Waals surface area contributed by atoms with Crippen LogP contribution in [0.3, 0.4) is 0 Å². The molecule has 1 aromatic carbocycles. The molecule has 0 aliphatic rings. The molecule has 0 aliphatic heterocycles. The number of hydrogen-bond acceptors (Lipinski definition) is 8. The van der Waals surface area contributed by atoms with E-state index < -0.39 is 30.4 Å². The van der Waals surface area contributed by atoms with E-state index in [0.29, 0.717) is 17.6 Å². The lowest BCUT2D eigenvalue weighted by molar-refractivity contribution is -0.151. The summed E-state index contributed by atoms with van der Waals surface area (Å²) in [7, 11) is 1.18. The molecular weight excluding hydrogens is 356 g/mol. The van der Waals surface area contributed by atoms with Crippen LogP contribution in [0.4, 0.5) is 0 Å². The normalized spacial score (nSPS) is 13.7. The summed E-state index contributed by atoms with van der Waals surface area (Å²) in [6, 6.07) is 4.30. The molecule has 4 N–H and O–H groups in total. The Morgan fingerprint density at radius 2 is 1.85 bits per heavy atom. The van der Waals surface area contributed by atoms with Gasteiger partial charge in [-0.3, -0.25) is 9.59 Å². The van der Waals surface area contributed by atoms with Crippen LogP contribution in [0.15, 0.2) is 29.8 Å². The van der Waals surface area contributed by atoms with Crippen molar-refractivity contribution in [3.63, 3.8) is 0 Å². The first-order valence-corrected chi connectivity index (χ1v) is 8.48. The van der Waals surface area contributed by atoms with Crippen molar-refractivity contribution in [2.45, 2.75) is 19.8 Å². The van der Waals surface area contributed by atoms with E-state index in [-0.39, 0.29) is 31.1 Å². The van der Waals surface area contributed by atoms with Gasteiger partial charge in [0.15, 0.2) is 11.5 Å². The zero-order valence-corrected chi connectivity index (χ0v) is 15.4. The fourth-order valence-electron chi connectivity index (χ4n) is 2.72. The third-order valence-electron chi connectivity index (χ3n) is 4.30. The van der Waals surface area contributed by atoms with Crippen LogP contribution < -0.4 is 0 Å². The van der Waals surface area contributed by atoms with E-state index in [0.717, 1.165) is 0 Å². The summed E-state index contributed by atoms with van der Waals surface area (Å²) in [5, 5.41) is 37.7. The fraction of sp³-hybridized carbons (Fsp3) is 0.474. The molecule has 8 nitrogen and oxygen atoms in total. The molecule has 0 saturated heterocycles. The van der Waals surface area contributed by atoms with Crippen molar-refractivity contribution >= 4 is 11.9 Å². The van der Waals surface area contributed by atoms with Crippen LogP contribution in [0, 0.1) is 11.8 Å². The maximum Gasteiger partial charge on any atom is 0.311 e. The maximum atomic E-state index is 12.2. The van der Waals surface area contributed by atoms with Crippen LogP contribution in [-0.4, -0.2) is 59.3 Å². The van der Waals surface area contributed by atoms with Gasteiger partial charge in [0.2, 0.25) is 0 Å². The average molecular weight is 382 g/mol. The van der Waals surface area contributed by atoms with Gasteiger partial charge in [-0.1, -0.05) is 12.1 Å². The minimum Gasteiger partial charge on any atom is -0.504 e. The Hall–Kier alpha value is -2.58. The molecule has 0 spiro atoms. The van der Waals surface area contributed by atoms with Gasteiger partial charge in [0.1, 0.15) is 0 Å². The zero-order valence-electron chi connectivity index (χ0n) is 15.4. The van der Waals surface area contributed by atoms with Gasteiger partial charge in [-0.15, -0.1) is 0 Å². The van der Waals surface area contributed by atoms with Crippen molar-refractivity contribution in [1.29, 1.82) is 0 Å². The Kier molecular flexibility index (Phi) is 9.32. The number of aliphatic hydroxyl groups excluding tert-OH is 2. The van der Waals surface area contributed by atoms with Crippen LogP contribution in [0.1, 0.15) is 18.9 Å². The number of benzene rings is 1. The summed E-state index contributed by atoms with van der Waals surface area (Å²) in [5.74, 6) is -3.51. The molecule has 0 saturated carbocycles. The lowest BCUT2D eigenvalue weighted by atomic mass is 9.83. The van der Waals surface area contributed by atoms with Crippen molar-refractivity contribution in [2.24, 2.45) is 11.8 Å². The Morgan fingerprint density at radius 1 is 1.15 bits per heavy atom. The van der Waals surface area contributed by atoms with Crippen molar-refractivity contribution in [1.82, 2.24) is 0 Å². The van der Waals surface area contributed by atoms with Gasteiger partial charge in [0.25, 0.3) is 0 Å². The van der Waals surface area contributed by atoms with E-state index in [2.05, 4.69) is 4.74 Å². The quantitative estimate of drug-likeness (QED) is 0.267. The molecule has 0 amide bonds. The number of allylic oxidation sites excluding steroid dienone is 1. The number of rotatable bonds is 10. The first-order valence-electron chi connectivity index (χ1n) is 8.48. The van der Waals surface area contributed by atoms with E-state index >= 15 is 0 Å². The molecule has 0 radical (unpaired) electrons. The SMILES string of the molecule is C/C=C(\CO)C(CC(=O)OCCc1ccc(O)c(O)c1)C(CO)C(=O)OC. The monoisotopic (exact) mass is 382 g/mol. The molecule has 0 fully saturated rings. The number of methoxy groups -OCH3 is 1. The highest BCUT2D eigenvalue weighted by Crippen LogP contribution is 2.27. The molecule has 1 aromatic rings. The van der Waals surface area contributed by atoms with E-state index in [1.807, 2.05) is 0 Å². The summed E-state index contributed by atoms with van der Waals surface area (Å²) < 4.78 is 9.83. The number of carbonyl (C=O) groups excluding carboxylic acids is 2. The second kappa shape index (κ2) is 11.2. The predicted molar refractivity (Wildman–Crippen MR) is 96.0 cm³/mol. The summed E-state index contributed by atoms with van der Waals surface area (Å²) in [6.07, 6.45) is 1.70. The molecular formula is C19H26O8. The average Bonchev–Trinajstić information content (AvgIpc) is 2.65. The van der Waals surface area contributed by atoms with Gasteiger partial charge < -0.3 is 29.9 Å². The molecule has 2 atom stereocenters. The van der Waals surface area contributed by atoms with Gasteiger partial charge in [-0.25, -0.2) is 0 Å². The number of phenolic OH excluding ortho intramolecular Hbond substituents is 2. The Labute approximate surface area is 157 Å². The molecule has 8 heteroatoms. The number of carbonyl (C=O) groups is 2. The molecule has 0 aromatic heterocycles. The molecule has 0 bridgehead atoms. The topological polar surface area (TPSA) is 134 Å². The van der Waals surface area contributed by atoms with Crippen LogP contribution in [0.2, 0.25) is 0 Å². The highest BCUT2D eigenvalue weighted by molar-refractivity contribution is 5.76. The Balaban J connectivity index is 2.72. The number of phenols is 2. The van der Waals surface area contributed by atoms with Gasteiger partial charge in [-0.2, -0.15) is 0 Å². The second-order valence-electron chi connectivity index (χ2n) is 5.94. The smallest absolute Gasteiger partial charge is 0.311 e. The highest BCUT2D eigenvalue weighted by Gasteiger charge is 2.33. The van der Waals surface area contributed by atoms with Crippen LogP contribution >= 0.6 is 0 Å². The minimum atomic E-state index is -0.991. The van der Waals surface area contributed by atoms with E-state index in [1.54, 1.807) is 19.1 Å². The Morgan fingerprint density at radius 3 is 2.37 bits per heavy atom. The number of aromatic hydroxyl groups is 2. The first kappa shape index (κ1) is 22.5. The van der Waals surface area contributed by atoms with Crippen molar-refractivity contribution in [3.05, 3.63) is 35.4 Å². The molecule has 0 aliphatic carbocycles. The molecule has 1 rings (SSSR count). The summed E-state index contributed by atoms with van der Waals surface area (Å²) in [6.45, 7) is 0.790. The molecule has 150 valence electrons. The van der Waals surface area contributed by atoms with Crippen LogP contribution in [-0.2, 0) is 25.5 Å². The number of esters is 2. The zero-order chi connectivity index (χ0) is 20.4. The molecule has 0 heterocycles. The van der Waals surface area contributed by atoms with Crippen LogP contribution in [0.25, 0.3) is 0 Å². The van der Waals surface area contributed by atoms with Gasteiger partial charge >= 0.3 is 11.9 Å². The van der Waals surface area contributed by atoms with Crippen molar-refractivity contribution < 1.29 is 39.5 Å². The fourth-order valence-corrected chi connectivity index (χ4v) is 2.72. The van der Waals surface area contributed by atoms with Crippen molar-refractivity contribution in [3.8, 4) is 11.5 Å². The molecule has 27 heavy (non-hydrogen) atoms. The largest absolute Gasteiger partial charge is 0.504 e. The second-order valence-corrected chi connectivity index (χ2v) is 5.94. The Bertz CT molecular complexity index is 668. The first-order chi connectivity index (χ1) is 12.9. The van der Waals surface area contributed by atoms with E-state index in [9.17, 15) is 30.0 Å². The third-order valence-corrected chi connectivity index (χ3v) is 4.30. The minimum absolute atomic E-state index is 0.0298. The molecule has 2 unspecified atom stereocenters. The number of ether oxygens (including phenoxy) is 2. The lowest BCUT2D eigenvalue weighted by Gasteiger charge is -2.24. The summed E-state index contributed by atoms with van der Waals surface area (Å²) in [5.41, 5.74) is 1.10. The predicted octanol–water partition coefficient (Wildman–Crippen LogP) is 0.910. The summed E-state index contributed by atoms with van der Waals surface area (Å²) in [4.78, 5) is 24.1. The summed E-state index contributed by atoms with van der Waals surface area (Å²) >= 11 is 0. The number of aliphatic hydroxyl groups is 2. The van der Waals surface area contributed by atoms with Crippen LogP contribution in [0.5, 0.6) is 11.5 Å².